The highest BCUT2D eigenvalue weighted by Crippen LogP contribution is 2.30. The first kappa shape index (κ1) is 13.9. The Balaban J connectivity index is 2.36. The fourth-order valence-electron chi connectivity index (χ4n) is 2.12. The molecule has 0 aliphatic rings. The number of hydrogen-bond donors (Lipinski definition) is 2. The van der Waals surface area contributed by atoms with Gasteiger partial charge >= 0.3 is 0 Å². The lowest BCUT2D eigenvalue weighted by Gasteiger charge is -2.22. The van der Waals surface area contributed by atoms with Gasteiger partial charge in [0, 0.05) is 25.3 Å². The van der Waals surface area contributed by atoms with Crippen LogP contribution in [0.2, 0.25) is 0 Å². The van der Waals surface area contributed by atoms with Crippen LogP contribution < -0.4 is 16.0 Å². The second-order valence-electron chi connectivity index (χ2n) is 4.75. The number of nitrogen functional groups attached to an aromatic ring is 1. The number of nitrogens with one attached hydrogen (secondary N) is 1. The highest BCUT2D eigenvalue weighted by molar-refractivity contribution is 5.96. The molecule has 2 rings (SSSR count). The molecule has 1 amide bonds. The predicted molar refractivity (Wildman–Crippen MR) is 83.5 cm³/mol. The van der Waals surface area contributed by atoms with Crippen LogP contribution in [-0.4, -0.2) is 20.0 Å². The highest BCUT2D eigenvalue weighted by atomic mass is 16.1. The molecule has 0 bridgehead atoms. The zero-order valence-electron chi connectivity index (χ0n) is 12.0. The highest BCUT2D eigenvalue weighted by Gasteiger charge is 2.11. The minimum Gasteiger partial charge on any atom is -0.397 e. The fraction of sp³-hybridized carbons (Fsp3) is 0.188. The van der Waals surface area contributed by atoms with Gasteiger partial charge in [-0.3, -0.25) is 4.79 Å². The lowest BCUT2D eigenvalue weighted by Crippen LogP contribution is -2.18. The molecule has 4 nitrogen and oxygen atoms in total. The Hall–Kier alpha value is -2.49. The van der Waals surface area contributed by atoms with Crippen LogP contribution in [0.1, 0.15) is 15.9 Å². The quantitative estimate of drug-likeness (QED) is 0.842. The van der Waals surface area contributed by atoms with E-state index in [4.69, 9.17) is 5.73 Å². The third kappa shape index (κ3) is 2.74. The lowest BCUT2D eigenvalue weighted by atomic mass is 10.1. The zero-order valence-corrected chi connectivity index (χ0v) is 12.0. The Kier molecular flexibility index (Phi) is 3.94. The molecule has 2 aromatic carbocycles. The number of anilines is 3. The number of carbonyl (C=O) groups excluding carboxylic acids is 1. The van der Waals surface area contributed by atoms with Gasteiger partial charge in [0.2, 0.25) is 0 Å². The third-order valence-corrected chi connectivity index (χ3v) is 3.27. The maximum absolute atomic E-state index is 11.6. The van der Waals surface area contributed by atoms with E-state index in [-0.39, 0.29) is 5.91 Å². The molecule has 2 aromatic rings. The molecule has 4 heteroatoms. The van der Waals surface area contributed by atoms with E-state index in [2.05, 4.69) is 24.4 Å². The molecule has 3 N–H and O–H groups in total. The largest absolute Gasteiger partial charge is 0.397 e. The lowest BCUT2D eigenvalue weighted by molar-refractivity contribution is 0.0963. The molecule has 0 spiro atoms. The predicted octanol–water partition coefficient (Wildman–Crippen LogP) is 2.70. The van der Waals surface area contributed by atoms with Gasteiger partial charge in [0.15, 0.2) is 0 Å². The molecule has 0 aliphatic carbocycles. The average Bonchev–Trinajstić information content (AvgIpc) is 2.45. The van der Waals surface area contributed by atoms with Gasteiger partial charge < -0.3 is 16.0 Å². The average molecular weight is 269 g/mol. The van der Waals surface area contributed by atoms with Crippen molar-refractivity contribution in [3.05, 3.63) is 53.6 Å². The third-order valence-electron chi connectivity index (χ3n) is 3.27. The maximum atomic E-state index is 11.6. The molecular weight excluding hydrogens is 250 g/mol. The SMILES string of the molecule is CNC(=O)c1ccc(N(C)c2cccc(C)c2)c(N)c1. The molecule has 0 unspecified atom stereocenters. The Bertz CT molecular complexity index is 637. The molecule has 104 valence electrons. The van der Waals surface area contributed by atoms with Crippen LogP contribution in [0.3, 0.4) is 0 Å². The van der Waals surface area contributed by atoms with E-state index in [1.165, 1.54) is 5.56 Å². The summed E-state index contributed by atoms with van der Waals surface area (Å²) in [5, 5.41) is 2.59. The number of hydrogen-bond acceptors (Lipinski definition) is 3. The Morgan fingerprint density at radius 2 is 1.95 bits per heavy atom. The van der Waals surface area contributed by atoms with Gasteiger partial charge in [0.25, 0.3) is 5.91 Å². The van der Waals surface area contributed by atoms with E-state index in [9.17, 15) is 4.79 Å². The topological polar surface area (TPSA) is 58.4 Å². The second kappa shape index (κ2) is 5.65. The first-order valence-corrected chi connectivity index (χ1v) is 6.45. The Morgan fingerprint density at radius 3 is 2.55 bits per heavy atom. The summed E-state index contributed by atoms with van der Waals surface area (Å²) < 4.78 is 0. The van der Waals surface area contributed by atoms with Gasteiger partial charge in [0.1, 0.15) is 0 Å². The van der Waals surface area contributed by atoms with Crippen LogP contribution >= 0.6 is 0 Å². The molecule has 0 atom stereocenters. The van der Waals surface area contributed by atoms with Gasteiger partial charge in [-0.2, -0.15) is 0 Å². The van der Waals surface area contributed by atoms with Crippen molar-refractivity contribution >= 4 is 23.0 Å². The summed E-state index contributed by atoms with van der Waals surface area (Å²) in [5.74, 6) is -0.138. The summed E-state index contributed by atoms with van der Waals surface area (Å²) in [4.78, 5) is 13.6. The van der Waals surface area contributed by atoms with Crippen LogP contribution in [0, 0.1) is 6.92 Å². The zero-order chi connectivity index (χ0) is 14.7. The number of rotatable bonds is 3. The van der Waals surface area contributed by atoms with E-state index in [1.54, 1.807) is 19.2 Å². The summed E-state index contributed by atoms with van der Waals surface area (Å²) in [6, 6.07) is 13.5. The second-order valence-corrected chi connectivity index (χ2v) is 4.75. The van der Waals surface area contributed by atoms with Crippen molar-refractivity contribution in [2.75, 3.05) is 24.7 Å². The molecule has 0 saturated carbocycles. The van der Waals surface area contributed by atoms with E-state index in [0.717, 1.165) is 11.4 Å². The van der Waals surface area contributed by atoms with Crippen molar-refractivity contribution < 1.29 is 4.79 Å². The summed E-state index contributed by atoms with van der Waals surface area (Å²) in [5.41, 5.74) is 10.3. The van der Waals surface area contributed by atoms with Crippen molar-refractivity contribution in [1.82, 2.24) is 5.32 Å². The van der Waals surface area contributed by atoms with Crippen molar-refractivity contribution in [1.29, 1.82) is 0 Å². The van der Waals surface area contributed by atoms with Gasteiger partial charge in [-0.1, -0.05) is 12.1 Å². The summed E-state index contributed by atoms with van der Waals surface area (Å²) in [7, 11) is 3.56. The van der Waals surface area contributed by atoms with E-state index >= 15 is 0 Å². The standard InChI is InChI=1S/C16H19N3O/c1-11-5-4-6-13(9-11)19(3)15-8-7-12(10-14(15)17)16(20)18-2/h4-10H,17H2,1-3H3,(H,18,20). The van der Waals surface area contributed by atoms with Crippen LogP contribution in [0.15, 0.2) is 42.5 Å². The summed E-state index contributed by atoms with van der Waals surface area (Å²) in [6.45, 7) is 2.05. The van der Waals surface area contributed by atoms with Crippen LogP contribution in [0.5, 0.6) is 0 Å². The summed E-state index contributed by atoms with van der Waals surface area (Å²) in [6.07, 6.45) is 0. The van der Waals surface area contributed by atoms with Crippen molar-refractivity contribution in [2.24, 2.45) is 0 Å². The van der Waals surface area contributed by atoms with Crippen LogP contribution in [-0.2, 0) is 0 Å². The molecule has 0 aromatic heterocycles. The van der Waals surface area contributed by atoms with E-state index < -0.39 is 0 Å². The number of nitrogens with zero attached hydrogens (tertiary/aromatic N) is 1. The number of benzene rings is 2. The minimum absolute atomic E-state index is 0.138. The molecule has 20 heavy (non-hydrogen) atoms. The molecule has 0 saturated heterocycles. The number of amides is 1. The maximum Gasteiger partial charge on any atom is 0.251 e. The van der Waals surface area contributed by atoms with E-state index in [0.29, 0.717) is 11.3 Å². The molecule has 0 radical (unpaired) electrons. The van der Waals surface area contributed by atoms with Crippen molar-refractivity contribution in [3.63, 3.8) is 0 Å². The minimum atomic E-state index is -0.138. The number of nitrogens with two attached hydrogens (primary N) is 1. The van der Waals surface area contributed by atoms with Crippen molar-refractivity contribution in [2.45, 2.75) is 6.92 Å². The molecular formula is C16H19N3O. The first-order chi connectivity index (χ1) is 9.52. The summed E-state index contributed by atoms with van der Waals surface area (Å²) >= 11 is 0. The Labute approximate surface area is 119 Å². The Morgan fingerprint density at radius 1 is 1.20 bits per heavy atom. The number of carbonyl (C=O) groups is 1. The number of aryl methyl sites for hydroxylation is 1. The van der Waals surface area contributed by atoms with Gasteiger partial charge in [-0.15, -0.1) is 0 Å². The monoisotopic (exact) mass is 269 g/mol. The van der Waals surface area contributed by atoms with Crippen LogP contribution in [0.4, 0.5) is 17.1 Å². The van der Waals surface area contributed by atoms with Crippen LogP contribution in [0.25, 0.3) is 0 Å². The molecule has 0 aliphatic heterocycles. The first-order valence-electron chi connectivity index (χ1n) is 6.45. The molecule has 0 heterocycles. The van der Waals surface area contributed by atoms with Gasteiger partial charge in [0.05, 0.1) is 11.4 Å². The van der Waals surface area contributed by atoms with Crippen molar-refractivity contribution in [3.8, 4) is 0 Å². The normalized spacial score (nSPS) is 10.2. The van der Waals surface area contributed by atoms with Gasteiger partial charge in [-0.25, -0.2) is 0 Å². The smallest absolute Gasteiger partial charge is 0.251 e. The van der Waals surface area contributed by atoms with E-state index in [1.807, 2.05) is 30.1 Å². The van der Waals surface area contributed by atoms with Gasteiger partial charge in [-0.05, 0) is 42.8 Å². The molecule has 0 fully saturated rings. The fourth-order valence-corrected chi connectivity index (χ4v) is 2.12.